The molecule has 1 aliphatic rings. The van der Waals surface area contributed by atoms with Crippen LogP contribution in [0.3, 0.4) is 0 Å². The topological polar surface area (TPSA) is 52.7 Å². The molecule has 1 fully saturated rings. The van der Waals surface area contributed by atoms with Gasteiger partial charge in [-0.3, -0.25) is 14.5 Å². The lowest BCUT2D eigenvalue weighted by Crippen LogP contribution is -2.49. The zero-order valence-electron chi connectivity index (χ0n) is 13.5. The van der Waals surface area contributed by atoms with Crippen LogP contribution in [0.15, 0.2) is 0 Å². The number of hydrogen-bond donors (Lipinski definition) is 1. The van der Waals surface area contributed by atoms with Crippen LogP contribution >= 0.6 is 0 Å². The predicted molar refractivity (Wildman–Crippen MR) is 80.6 cm³/mol. The van der Waals surface area contributed by atoms with E-state index in [9.17, 15) is 9.59 Å². The quantitative estimate of drug-likeness (QED) is 0.781. The van der Waals surface area contributed by atoms with Crippen LogP contribution in [0, 0.1) is 5.92 Å². The van der Waals surface area contributed by atoms with E-state index in [-0.39, 0.29) is 23.7 Å². The Hall–Kier alpha value is -0.940. The van der Waals surface area contributed by atoms with Crippen molar-refractivity contribution in [3.05, 3.63) is 0 Å². The van der Waals surface area contributed by atoms with Gasteiger partial charge in [-0.15, -0.1) is 0 Å². The first-order valence-electron chi connectivity index (χ1n) is 7.49. The molecule has 1 heterocycles. The van der Waals surface area contributed by atoms with Crippen molar-refractivity contribution >= 4 is 11.7 Å². The number of hydrogen-bond acceptors (Lipinski definition) is 4. The first-order chi connectivity index (χ1) is 9.31. The van der Waals surface area contributed by atoms with E-state index in [1.54, 1.807) is 0 Å². The van der Waals surface area contributed by atoms with Gasteiger partial charge in [0, 0.05) is 6.04 Å². The Morgan fingerprint density at radius 2 is 1.85 bits per heavy atom. The Bertz CT molecular complexity index is 336. The van der Waals surface area contributed by atoms with Crippen LogP contribution < -0.4 is 5.32 Å². The fourth-order valence-corrected chi connectivity index (χ4v) is 2.75. The molecule has 116 valence electrons. The van der Waals surface area contributed by atoms with Gasteiger partial charge >= 0.3 is 0 Å². The van der Waals surface area contributed by atoms with Gasteiger partial charge in [-0.25, -0.2) is 0 Å². The van der Waals surface area contributed by atoms with Gasteiger partial charge in [-0.05, 0) is 52.9 Å². The fraction of sp³-hybridized carbons (Fsp3) is 0.867. The number of likely N-dealkylation sites (tertiary alicyclic amines) is 1. The molecule has 0 bridgehead atoms. The highest BCUT2D eigenvalue weighted by atomic mass is 16.2. The maximum atomic E-state index is 12.1. The number of nitrogens with zero attached hydrogens (tertiary/aromatic N) is 2. The number of rotatable bonds is 6. The molecule has 1 unspecified atom stereocenters. The van der Waals surface area contributed by atoms with Crippen molar-refractivity contribution in [2.45, 2.75) is 45.7 Å². The largest absolute Gasteiger partial charge is 0.345 e. The Balaban J connectivity index is 2.43. The van der Waals surface area contributed by atoms with E-state index in [0.29, 0.717) is 12.6 Å². The smallest absolute Gasteiger partial charge is 0.234 e. The molecule has 0 aromatic carbocycles. The van der Waals surface area contributed by atoms with Crippen molar-refractivity contribution < 1.29 is 9.59 Å². The summed E-state index contributed by atoms with van der Waals surface area (Å²) in [5.74, 6) is 0.0979. The third-order valence-corrected chi connectivity index (χ3v) is 4.13. The number of piperidine rings is 1. The van der Waals surface area contributed by atoms with Crippen molar-refractivity contribution in [1.82, 2.24) is 15.1 Å². The van der Waals surface area contributed by atoms with Gasteiger partial charge in [-0.2, -0.15) is 0 Å². The summed E-state index contributed by atoms with van der Waals surface area (Å²) in [5, 5.41) is 2.85. The number of Topliss-reactive ketones (excluding diaryl/α,β-unsaturated/α-hetero) is 1. The number of amides is 1. The monoisotopic (exact) mass is 283 g/mol. The summed E-state index contributed by atoms with van der Waals surface area (Å²) in [4.78, 5) is 28.0. The number of carbonyl (C=O) groups excluding carboxylic acids is 2. The van der Waals surface area contributed by atoms with Gasteiger partial charge in [0.15, 0.2) is 5.78 Å². The summed E-state index contributed by atoms with van der Waals surface area (Å²) >= 11 is 0. The summed E-state index contributed by atoms with van der Waals surface area (Å²) in [5.41, 5.74) is 0. The van der Waals surface area contributed by atoms with Gasteiger partial charge in [0.1, 0.15) is 0 Å². The SMILES string of the molecule is CC(=O)C(NC(=O)CN(C)C1CCN(C)CC1)C(C)C. The molecule has 1 saturated heterocycles. The minimum atomic E-state index is -0.367. The van der Waals surface area contributed by atoms with Crippen LogP contribution in [-0.4, -0.2) is 67.3 Å². The molecule has 0 aliphatic carbocycles. The highest BCUT2D eigenvalue weighted by molar-refractivity contribution is 5.88. The molecular formula is C15H29N3O2. The van der Waals surface area contributed by atoms with E-state index in [2.05, 4.69) is 22.2 Å². The Morgan fingerprint density at radius 1 is 1.30 bits per heavy atom. The first-order valence-corrected chi connectivity index (χ1v) is 7.49. The molecule has 20 heavy (non-hydrogen) atoms. The number of ketones is 1. The summed E-state index contributed by atoms with van der Waals surface area (Å²) in [7, 11) is 4.12. The lowest BCUT2D eigenvalue weighted by molar-refractivity contribution is -0.128. The summed E-state index contributed by atoms with van der Waals surface area (Å²) < 4.78 is 0. The van der Waals surface area contributed by atoms with Crippen LogP contribution in [0.25, 0.3) is 0 Å². The van der Waals surface area contributed by atoms with Gasteiger partial charge in [-0.1, -0.05) is 13.8 Å². The van der Waals surface area contributed by atoms with Crippen LogP contribution in [0.2, 0.25) is 0 Å². The predicted octanol–water partition coefficient (Wildman–Crippen LogP) is 0.742. The van der Waals surface area contributed by atoms with Gasteiger partial charge in [0.05, 0.1) is 12.6 Å². The van der Waals surface area contributed by atoms with E-state index >= 15 is 0 Å². The third kappa shape index (κ3) is 5.21. The molecule has 1 N–H and O–H groups in total. The molecule has 1 aliphatic heterocycles. The average Bonchev–Trinajstić information content (AvgIpc) is 2.35. The molecule has 0 aromatic rings. The zero-order valence-corrected chi connectivity index (χ0v) is 13.5. The maximum absolute atomic E-state index is 12.1. The van der Waals surface area contributed by atoms with Crippen molar-refractivity contribution in [3.63, 3.8) is 0 Å². The third-order valence-electron chi connectivity index (χ3n) is 4.13. The Kier molecular flexibility index (Phi) is 6.62. The van der Waals surface area contributed by atoms with Gasteiger partial charge < -0.3 is 10.2 Å². The molecular weight excluding hydrogens is 254 g/mol. The lowest BCUT2D eigenvalue weighted by atomic mass is 10.0. The molecule has 1 amide bonds. The number of likely N-dealkylation sites (N-methyl/N-ethyl adjacent to an activating group) is 1. The second kappa shape index (κ2) is 7.74. The molecule has 0 spiro atoms. The van der Waals surface area contributed by atoms with Crippen LogP contribution in [0.5, 0.6) is 0 Å². The molecule has 0 radical (unpaired) electrons. The standard InChI is InChI=1S/C15H29N3O2/c1-11(2)15(12(3)19)16-14(20)10-18(5)13-6-8-17(4)9-7-13/h11,13,15H,6-10H2,1-5H3,(H,16,20). The van der Waals surface area contributed by atoms with E-state index in [4.69, 9.17) is 0 Å². The zero-order chi connectivity index (χ0) is 15.3. The second-order valence-corrected chi connectivity index (χ2v) is 6.35. The molecule has 0 aromatic heterocycles. The summed E-state index contributed by atoms with van der Waals surface area (Å²) in [6, 6.07) is 0.0974. The summed E-state index contributed by atoms with van der Waals surface area (Å²) in [6.07, 6.45) is 2.20. The van der Waals surface area contributed by atoms with Gasteiger partial charge in [0.2, 0.25) is 5.91 Å². The molecule has 1 rings (SSSR count). The summed E-state index contributed by atoms with van der Waals surface area (Å²) in [6.45, 7) is 7.97. The second-order valence-electron chi connectivity index (χ2n) is 6.35. The number of nitrogens with one attached hydrogen (secondary N) is 1. The molecule has 5 nitrogen and oxygen atoms in total. The van der Waals surface area contributed by atoms with Gasteiger partial charge in [0.25, 0.3) is 0 Å². The first kappa shape index (κ1) is 17.1. The van der Waals surface area contributed by atoms with E-state index in [1.165, 1.54) is 6.92 Å². The molecule has 5 heteroatoms. The molecule has 0 saturated carbocycles. The van der Waals surface area contributed by atoms with Crippen molar-refractivity contribution in [2.24, 2.45) is 5.92 Å². The van der Waals surface area contributed by atoms with E-state index in [1.807, 2.05) is 20.9 Å². The molecule has 1 atom stereocenters. The normalized spacial score (nSPS) is 19.4. The van der Waals surface area contributed by atoms with Crippen molar-refractivity contribution in [2.75, 3.05) is 33.7 Å². The lowest BCUT2D eigenvalue weighted by Gasteiger charge is -2.35. The highest BCUT2D eigenvalue weighted by Crippen LogP contribution is 2.13. The van der Waals surface area contributed by atoms with Crippen LogP contribution in [0.4, 0.5) is 0 Å². The number of carbonyl (C=O) groups is 2. The highest BCUT2D eigenvalue weighted by Gasteiger charge is 2.24. The average molecular weight is 283 g/mol. The Labute approximate surface area is 122 Å². The van der Waals surface area contributed by atoms with Crippen LogP contribution in [-0.2, 0) is 9.59 Å². The minimum absolute atomic E-state index is 0.0234. The van der Waals surface area contributed by atoms with Crippen LogP contribution in [0.1, 0.15) is 33.6 Å². The van der Waals surface area contributed by atoms with E-state index in [0.717, 1.165) is 25.9 Å². The minimum Gasteiger partial charge on any atom is -0.345 e. The van der Waals surface area contributed by atoms with Crippen molar-refractivity contribution in [1.29, 1.82) is 0 Å². The van der Waals surface area contributed by atoms with Crippen molar-refractivity contribution in [3.8, 4) is 0 Å². The fourth-order valence-electron chi connectivity index (χ4n) is 2.75. The maximum Gasteiger partial charge on any atom is 0.234 e. The van der Waals surface area contributed by atoms with E-state index < -0.39 is 0 Å². The Morgan fingerprint density at radius 3 is 2.30 bits per heavy atom.